The van der Waals surface area contributed by atoms with Crippen molar-refractivity contribution in [2.45, 2.75) is 29.4 Å². The van der Waals surface area contributed by atoms with Gasteiger partial charge in [-0.25, -0.2) is 4.98 Å². The summed E-state index contributed by atoms with van der Waals surface area (Å²) in [5, 5.41) is 10.6. The molecule has 0 radical (unpaired) electrons. The first-order chi connectivity index (χ1) is 8.29. The van der Waals surface area contributed by atoms with E-state index in [1.54, 1.807) is 30.4 Å². The molecule has 0 bridgehead atoms. The Kier molecular flexibility index (Phi) is 4.12. The SMILES string of the molecule is CC[C@H](O)c1ccc(Sc2cnccn2)cc1. The molecule has 1 atom stereocenters. The molecule has 1 aromatic heterocycles. The van der Waals surface area contributed by atoms with Crippen LogP contribution >= 0.6 is 11.8 Å². The molecule has 0 spiro atoms. The summed E-state index contributed by atoms with van der Waals surface area (Å²) in [6.45, 7) is 1.97. The molecule has 0 unspecified atom stereocenters. The first-order valence-corrected chi connectivity index (χ1v) is 6.33. The maximum Gasteiger partial charge on any atom is 0.119 e. The standard InChI is InChI=1S/C13H14N2OS/c1-2-12(16)10-3-5-11(6-4-10)17-13-9-14-7-8-15-13/h3-9,12,16H,2H2,1H3/t12-/m0/s1. The molecule has 17 heavy (non-hydrogen) atoms. The van der Waals surface area contributed by atoms with Crippen LogP contribution in [0, 0.1) is 0 Å². The first kappa shape index (κ1) is 12.1. The van der Waals surface area contributed by atoms with Crippen LogP contribution < -0.4 is 0 Å². The van der Waals surface area contributed by atoms with E-state index in [0.29, 0.717) is 0 Å². The molecule has 0 fully saturated rings. The lowest BCUT2D eigenvalue weighted by Crippen LogP contribution is -1.94. The fourth-order valence-electron chi connectivity index (χ4n) is 1.45. The van der Waals surface area contributed by atoms with Crippen LogP contribution in [0.25, 0.3) is 0 Å². The quantitative estimate of drug-likeness (QED) is 0.900. The van der Waals surface area contributed by atoms with E-state index in [0.717, 1.165) is 21.9 Å². The number of aromatic nitrogens is 2. The van der Waals surface area contributed by atoms with Crippen LogP contribution in [0.3, 0.4) is 0 Å². The van der Waals surface area contributed by atoms with Crippen LogP contribution in [0.4, 0.5) is 0 Å². The van der Waals surface area contributed by atoms with Crippen molar-refractivity contribution in [3.8, 4) is 0 Å². The Bertz CT molecular complexity index is 459. The molecule has 0 aliphatic carbocycles. The monoisotopic (exact) mass is 246 g/mol. The third-order valence-corrected chi connectivity index (χ3v) is 3.34. The summed E-state index contributed by atoms with van der Waals surface area (Å²) < 4.78 is 0. The predicted octanol–water partition coefficient (Wildman–Crippen LogP) is 3.07. The van der Waals surface area contributed by atoms with Crippen LogP contribution in [0.1, 0.15) is 25.0 Å². The zero-order valence-corrected chi connectivity index (χ0v) is 10.4. The summed E-state index contributed by atoms with van der Waals surface area (Å²) in [4.78, 5) is 9.31. The summed E-state index contributed by atoms with van der Waals surface area (Å²) in [6.07, 6.45) is 5.43. The predicted molar refractivity (Wildman–Crippen MR) is 67.8 cm³/mol. The van der Waals surface area contributed by atoms with Gasteiger partial charge in [-0.15, -0.1) is 0 Å². The molecule has 1 N–H and O–H groups in total. The molecule has 1 aromatic carbocycles. The van der Waals surface area contributed by atoms with E-state index in [-0.39, 0.29) is 6.10 Å². The first-order valence-electron chi connectivity index (χ1n) is 5.51. The third kappa shape index (κ3) is 3.28. The molecular formula is C13H14N2OS. The zero-order valence-electron chi connectivity index (χ0n) is 9.58. The Morgan fingerprint density at radius 1 is 1.24 bits per heavy atom. The number of hydrogen-bond acceptors (Lipinski definition) is 4. The lowest BCUT2D eigenvalue weighted by atomic mass is 10.1. The number of hydrogen-bond donors (Lipinski definition) is 1. The summed E-state index contributed by atoms with van der Waals surface area (Å²) in [6, 6.07) is 7.89. The Morgan fingerprint density at radius 3 is 2.59 bits per heavy atom. The van der Waals surface area contributed by atoms with Crippen LogP contribution in [0.2, 0.25) is 0 Å². The second-order valence-corrected chi connectivity index (χ2v) is 4.73. The molecule has 0 amide bonds. The van der Waals surface area contributed by atoms with Gasteiger partial charge in [0.1, 0.15) is 5.03 Å². The molecule has 2 rings (SSSR count). The van der Waals surface area contributed by atoms with Crippen LogP contribution in [-0.4, -0.2) is 15.1 Å². The molecule has 0 saturated carbocycles. The topological polar surface area (TPSA) is 46.0 Å². The normalized spacial score (nSPS) is 12.4. The highest BCUT2D eigenvalue weighted by Crippen LogP contribution is 2.26. The highest BCUT2D eigenvalue weighted by molar-refractivity contribution is 7.99. The smallest absolute Gasteiger partial charge is 0.119 e. The molecule has 88 valence electrons. The van der Waals surface area contributed by atoms with E-state index in [2.05, 4.69) is 9.97 Å². The van der Waals surface area contributed by atoms with Gasteiger partial charge in [-0.05, 0) is 24.1 Å². The molecule has 3 nitrogen and oxygen atoms in total. The summed E-state index contributed by atoms with van der Waals surface area (Å²) in [5.74, 6) is 0. The molecular weight excluding hydrogens is 232 g/mol. The van der Waals surface area contributed by atoms with E-state index in [9.17, 15) is 5.11 Å². The van der Waals surface area contributed by atoms with Crippen LogP contribution in [0.15, 0.2) is 52.8 Å². The highest BCUT2D eigenvalue weighted by atomic mass is 32.2. The van der Waals surface area contributed by atoms with Crippen molar-refractivity contribution in [2.75, 3.05) is 0 Å². The van der Waals surface area contributed by atoms with Gasteiger partial charge in [-0.2, -0.15) is 0 Å². The minimum absolute atomic E-state index is 0.370. The Morgan fingerprint density at radius 2 is 2.00 bits per heavy atom. The van der Waals surface area contributed by atoms with Crippen molar-refractivity contribution < 1.29 is 5.11 Å². The maximum atomic E-state index is 9.68. The summed E-state index contributed by atoms with van der Waals surface area (Å²) >= 11 is 1.56. The summed E-state index contributed by atoms with van der Waals surface area (Å²) in [5.41, 5.74) is 0.955. The lowest BCUT2D eigenvalue weighted by molar-refractivity contribution is 0.173. The maximum absolute atomic E-state index is 9.68. The van der Waals surface area contributed by atoms with Gasteiger partial charge in [-0.1, -0.05) is 30.8 Å². The molecule has 2 aromatic rings. The van der Waals surface area contributed by atoms with E-state index in [1.807, 2.05) is 31.2 Å². The van der Waals surface area contributed by atoms with Crippen molar-refractivity contribution >= 4 is 11.8 Å². The summed E-state index contributed by atoms with van der Waals surface area (Å²) in [7, 11) is 0. The van der Waals surface area contributed by atoms with Crippen molar-refractivity contribution in [3.05, 3.63) is 48.4 Å². The van der Waals surface area contributed by atoms with E-state index >= 15 is 0 Å². The lowest BCUT2D eigenvalue weighted by Gasteiger charge is -2.08. The van der Waals surface area contributed by atoms with Gasteiger partial charge in [-0.3, -0.25) is 4.98 Å². The number of aliphatic hydroxyl groups excluding tert-OH is 1. The fraction of sp³-hybridized carbons (Fsp3) is 0.231. The van der Waals surface area contributed by atoms with Gasteiger partial charge < -0.3 is 5.11 Å². The van der Waals surface area contributed by atoms with Gasteiger partial charge in [0.05, 0.1) is 12.3 Å². The zero-order chi connectivity index (χ0) is 12.1. The van der Waals surface area contributed by atoms with Gasteiger partial charge in [0.15, 0.2) is 0 Å². The van der Waals surface area contributed by atoms with Crippen molar-refractivity contribution in [2.24, 2.45) is 0 Å². The van der Waals surface area contributed by atoms with Crippen molar-refractivity contribution in [1.82, 2.24) is 9.97 Å². The molecule has 1 heterocycles. The average molecular weight is 246 g/mol. The number of aliphatic hydroxyl groups is 1. The average Bonchev–Trinajstić information content (AvgIpc) is 2.40. The largest absolute Gasteiger partial charge is 0.388 e. The fourth-order valence-corrected chi connectivity index (χ4v) is 2.19. The van der Waals surface area contributed by atoms with Crippen molar-refractivity contribution in [3.63, 3.8) is 0 Å². The Hall–Kier alpha value is -1.39. The third-order valence-electron chi connectivity index (χ3n) is 2.41. The number of rotatable bonds is 4. The van der Waals surface area contributed by atoms with E-state index < -0.39 is 0 Å². The molecule has 4 heteroatoms. The second-order valence-electron chi connectivity index (χ2n) is 3.64. The van der Waals surface area contributed by atoms with Gasteiger partial charge in [0.25, 0.3) is 0 Å². The molecule has 0 aliphatic rings. The highest BCUT2D eigenvalue weighted by Gasteiger charge is 2.04. The van der Waals surface area contributed by atoms with Gasteiger partial charge in [0.2, 0.25) is 0 Å². The van der Waals surface area contributed by atoms with E-state index in [4.69, 9.17) is 0 Å². The Labute approximate surface area is 105 Å². The second kappa shape index (κ2) is 5.80. The molecule has 0 aliphatic heterocycles. The minimum Gasteiger partial charge on any atom is -0.388 e. The van der Waals surface area contributed by atoms with Gasteiger partial charge >= 0.3 is 0 Å². The van der Waals surface area contributed by atoms with E-state index in [1.165, 1.54) is 0 Å². The minimum atomic E-state index is -0.370. The van der Waals surface area contributed by atoms with Gasteiger partial charge in [0, 0.05) is 17.3 Å². The Balaban J connectivity index is 2.08. The van der Waals surface area contributed by atoms with Crippen LogP contribution in [0.5, 0.6) is 0 Å². The number of nitrogens with zero attached hydrogens (tertiary/aromatic N) is 2. The van der Waals surface area contributed by atoms with Crippen molar-refractivity contribution in [1.29, 1.82) is 0 Å². The molecule has 0 saturated heterocycles. The van der Waals surface area contributed by atoms with Crippen LogP contribution in [-0.2, 0) is 0 Å². The number of benzene rings is 1.